The Balaban J connectivity index is 1.44. The van der Waals surface area contributed by atoms with Gasteiger partial charge in [0.05, 0.1) is 36.6 Å². The lowest BCUT2D eigenvalue weighted by molar-refractivity contribution is 0.0929. The van der Waals surface area contributed by atoms with Crippen LogP contribution >= 0.6 is 23.2 Å². The molecule has 0 bridgehead atoms. The number of carbonyl (C=O) groups excluding carboxylic acids is 2. The number of carbonyl (C=O) groups is 2. The third-order valence-electron chi connectivity index (χ3n) is 9.12. The second-order valence-corrected chi connectivity index (χ2v) is 12.6. The van der Waals surface area contributed by atoms with Gasteiger partial charge in [0.25, 0.3) is 5.91 Å². The average molecular weight is 612 g/mol. The van der Waals surface area contributed by atoms with Crippen molar-refractivity contribution < 1.29 is 18.7 Å². The molecule has 2 fully saturated rings. The van der Waals surface area contributed by atoms with E-state index < -0.39 is 6.09 Å². The van der Waals surface area contributed by atoms with Crippen molar-refractivity contribution in [1.29, 1.82) is 0 Å². The Labute approximate surface area is 254 Å². The lowest BCUT2D eigenvalue weighted by Gasteiger charge is -2.29. The monoisotopic (exact) mass is 610 g/mol. The quantitative estimate of drug-likeness (QED) is 0.324. The van der Waals surface area contributed by atoms with Crippen LogP contribution in [-0.2, 0) is 11.3 Å². The van der Waals surface area contributed by atoms with Gasteiger partial charge in [-0.3, -0.25) is 9.69 Å². The minimum absolute atomic E-state index is 0.0718. The Morgan fingerprint density at radius 2 is 1.83 bits per heavy atom. The van der Waals surface area contributed by atoms with Crippen molar-refractivity contribution in [3.63, 3.8) is 0 Å². The molecule has 2 aromatic carbocycles. The highest BCUT2D eigenvalue weighted by molar-refractivity contribution is 6.35. The standard InChI is InChI=1S/C32H33Cl2FN4O3/c1-32(21-6-4-3-5-7-21)16-27(32)36-30(40)28-24-18-38(31(41)42-2)17-20(14-19-8-11-23(35)12-9-19)29(24)39(37-28)26-13-10-22(33)15-25(26)34/h8-15,21,27H,3-7,16-18H2,1-2H3,(H,36,40)/b20-14+. The van der Waals surface area contributed by atoms with Gasteiger partial charge in [0, 0.05) is 16.6 Å². The number of ether oxygens (including phenoxy) is 1. The van der Waals surface area contributed by atoms with Crippen LogP contribution in [0.3, 0.4) is 0 Å². The number of amides is 2. The molecule has 0 radical (unpaired) electrons. The van der Waals surface area contributed by atoms with Crippen LogP contribution in [0.15, 0.2) is 42.5 Å². The number of halogens is 3. The van der Waals surface area contributed by atoms with Crippen molar-refractivity contribution >= 4 is 46.9 Å². The molecule has 42 heavy (non-hydrogen) atoms. The molecule has 0 saturated heterocycles. The van der Waals surface area contributed by atoms with E-state index in [1.807, 2.05) is 6.08 Å². The first-order chi connectivity index (χ1) is 20.2. The Hall–Kier alpha value is -3.36. The Morgan fingerprint density at radius 1 is 1.10 bits per heavy atom. The van der Waals surface area contributed by atoms with Crippen molar-refractivity contribution in [2.75, 3.05) is 13.7 Å². The summed E-state index contributed by atoms with van der Waals surface area (Å²) in [6, 6.07) is 11.2. The van der Waals surface area contributed by atoms with Crippen molar-refractivity contribution in [1.82, 2.24) is 20.0 Å². The molecule has 2 atom stereocenters. The van der Waals surface area contributed by atoms with Gasteiger partial charge in [-0.1, -0.05) is 61.5 Å². The largest absolute Gasteiger partial charge is 0.453 e. The van der Waals surface area contributed by atoms with Crippen LogP contribution in [0.5, 0.6) is 0 Å². The maximum absolute atomic E-state index is 13.9. The molecule has 2 amide bonds. The summed E-state index contributed by atoms with van der Waals surface area (Å²) in [5.74, 6) is -0.0293. The third-order valence-corrected chi connectivity index (χ3v) is 9.66. The number of aromatic nitrogens is 2. The van der Waals surface area contributed by atoms with Gasteiger partial charge in [-0.05, 0) is 78.1 Å². The fraction of sp³-hybridized carbons (Fsp3) is 0.406. The summed E-state index contributed by atoms with van der Waals surface area (Å²) in [6.45, 7) is 2.59. The molecule has 7 nitrogen and oxygen atoms in total. The first-order valence-corrected chi connectivity index (χ1v) is 15.1. The van der Waals surface area contributed by atoms with Crippen LogP contribution in [-0.4, -0.2) is 46.4 Å². The fourth-order valence-corrected chi connectivity index (χ4v) is 7.12. The third kappa shape index (κ3) is 5.42. The number of rotatable bonds is 5. The molecule has 2 saturated carbocycles. The van der Waals surface area contributed by atoms with E-state index in [4.69, 9.17) is 33.0 Å². The molecule has 6 rings (SSSR count). The topological polar surface area (TPSA) is 76.5 Å². The fourth-order valence-electron chi connectivity index (χ4n) is 6.64. The highest BCUT2D eigenvalue weighted by Crippen LogP contribution is 2.56. The number of hydrogen-bond donors (Lipinski definition) is 1. The van der Waals surface area contributed by atoms with Gasteiger partial charge >= 0.3 is 6.09 Å². The number of nitrogens with one attached hydrogen (secondary N) is 1. The van der Waals surface area contributed by atoms with Gasteiger partial charge in [0.2, 0.25) is 0 Å². The van der Waals surface area contributed by atoms with Crippen LogP contribution < -0.4 is 5.32 Å². The van der Waals surface area contributed by atoms with Crippen LogP contribution in [0.4, 0.5) is 9.18 Å². The maximum atomic E-state index is 13.9. The molecular formula is C32H33Cl2FN4O3. The molecule has 2 heterocycles. The van der Waals surface area contributed by atoms with E-state index in [2.05, 4.69) is 12.2 Å². The summed E-state index contributed by atoms with van der Waals surface area (Å²) >= 11 is 12.8. The van der Waals surface area contributed by atoms with Gasteiger partial charge in [0.1, 0.15) is 5.82 Å². The lowest BCUT2D eigenvalue weighted by Crippen LogP contribution is -2.37. The molecule has 1 aromatic heterocycles. The highest BCUT2D eigenvalue weighted by Gasteiger charge is 2.55. The SMILES string of the molecule is COC(=O)N1C/C(=C\c2ccc(F)cc2)c2c(c(C(=O)NC3CC3(C)C3CCCCC3)nn2-c2ccc(Cl)cc2Cl)C1. The van der Waals surface area contributed by atoms with Gasteiger partial charge in [-0.15, -0.1) is 0 Å². The van der Waals surface area contributed by atoms with Crippen molar-refractivity contribution in [3.05, 3.63) is 80.8 Å². The number of nitrogens with zero attached hydrogens (tertiary/aromatic N) is 3. The van der Waals surface area contributed by atoms with Crippen molar-refractivity contribution in [2.45, 2.75) is 58.0 Å². The van der Waals surface area contributed by atoms with Crippen LogP contribution in [0.1, 0.15) is 72.8 Å². The number of fused-ring (bicyclic) bond motifs is 1. The molecule has 1 N–H and O–H groups in total. The predicted molar refractivity (Wildman–Crippen MR) is 161 cm³/mol. The second kappa shape index (κ2) is 11.4. The zero-order chi connectivity index (χ0) is 29.6. The van der Waals surface area contributed by atoms with Gasteiger partial charge in [0.15, 0.2) is 5.69 Å². The van der Waals surface area contributed by atoms with Gasteiger partial charge in [-0.2, -0.15) is 5.10 Å². The first kappa shape index (κ1) is 28.7. The van der Waals surface area contributed by atoms with Crippen LogP contribution in [0.25, 0.3) is 17.3 Å². The average Bonchev–Trinajstić information content (AvgIpc) is 3.48. The molecule has 2 unspecified atom stereocenters. The Bertz CT molecular complexity index is 1560. The van der Waals surface area contributed by atoms with E-state index >= 15 is 0 Å². The molecular weight excluding hydrogens is 578 g/mol. The second-order valence-electron chi connectivity index (χ2n) is 11.8. The van der Waals surface area contributed by atoms with Crippen LogP contribution in [0, 0.1) is 17.2 Å². The van der Waals surface area contributed by atoms with E-state index in [1.165, 1.54) is 56.2 Å². The summed E-state index contributed by atoms with van der Waals surface area (Å²) in [7, 11) is 1.32. The summed E-state index contributed by atoms with van der Waals surface area (Å²) < 4.78 is 20.4. The zero-order valence-electron chi connectivity index (χ0n) is 23.6. The summed E-state index contributed by atoms with van der Waals surface area (Å²) in [5.41, 5.74) is 3.53. The van der Waals surface area contributed by atoms with Gasteiger partial charge < -0.3 is 10.1 Å². The molecule has 10 heteroatoms. The van der Waals surface area contributed by atoms with Crippen LogP contribution in [0.2, 0.25) is 10.0 Å². The molecule has 2 aliphatic carbocycles. The Kier molecular flexibility index (Phi) is 7.79. The normalized spacial score (nSPS) is 23.0. The lowest BCUT2D eigenvalue weighted by atomic mass is 9.78. The van der Waals surface area contributed by atoms with Gasteiger partial charge in [-0.25, -0.2) is 13.9 Å². The minimum Gasteiger partial charge on any atom is -0.453 e. The number of hydrogen-bond acceptors (Lipinski definition) is 4. The van der Waals surface area contributed by atoms with E-state index in [9.17, 15) is 14.0 Å². The molecule has 0 spiro atoms. The molecule has 3 aromatic rings. The zero-order valence-corrected chi connectivity index (χ0v) is 25.1. The summed E-state index contributed by atoms with van der Waals surface area (Å²) in [4.78, 5) is 28.2. The summed E-state index contributed by atoms with van der Waals surface area (Å²) in [5, 5.41) is 8.91. The summed E-state index contributed by atoms with van der Waals surface area (Å²) in [6.07, 6.45) is 8.45. The van der Waals surface area contributed by atoms with Crippen molar-refractivity contribution in [2.24, 2.45) is 11.3 Å². The van der Waals surface area contributed by atoms with E-state index in [0.29, 0.717) is 38.5 Å². The van der Waals surface area contributed by atoms with Crippen molar-refractivity contribution in [3.8, 4) is 5.69 Å². The minimum atomic E-state index is -0.527. The van der Waals surface area contributed by atoms with E-state index in [1.54, 1.807) is 35.0 Å². The van der Waals surface area contributed by atoms with E-state index in [-0.39, 0.29) is 42.0 Å². The molecule has 220 valence electrons. The smallest absolute Gasteiger partial charge is 0.410 e. The Morgan fingerprint density at radius 3 is 2.52 bits per heavy atom. The highest BCUT2D eigenvalue weighted by atomic mass is 35.5. The van der Waals surface area contributed by atoms with E-state index in [0.717, 1.165) is 12.0 Å². The predicted octanol–water partition coefficient (Wildman–Crippen LogP) is 7.53. The molecule has 3 aliphatic rings. The number of methoxy groups -OCH3 is 1. The molecule has 1 aliphatic heterocycles. The number of benzene rings is 2. The maximum Gasteiger partial charge on any atom is 0.410 e. The first-order valence-electron chi connectivity index (χ1n) is 14.4.